The number of fused-ring (bicyclic) bond motifs is 1. The molecule has 1 aromatic heterocycles. The Morgan fingerprint density at radius 2 is 2.24 bits per heavy atom. The van der Waals surface area contributed by atoms with Crippen molar-refractivity contribution in [2.24, 2.45) is 7.05 Å². The molecule has 17 heavy (non-hydrogen) atoms. The van der Waals surface area contributed by atoms with Gasteiger partial charge in [-0.1, -0.05) is 6.08 Å². The van der Waals surface area contributed by atoms with Gasteiger partial charge >= 0.3 is 0 Å². The quantitative estimate of drug-likeness (QED) is 0.785. The number of phenolic OH excluding ortho intramolecular Hbond substituents is 1. The highest BCUT2D eigenvalue weighted by Gasteiger charge is 2.12. The Morgan fingerprint density at radius 3 is 3.00 bits per heavy atom. The van der Waals surface area contributed by atoms with Crippen LogP contribution in [0.15, 0.2) is 30.5 Å². The maximum Gasteiger partial charge on any atom is 0.116 e. The Hall–Kier alpha value is -1.74. The maximum atomic E-state index is 9.62. The molecule has 1 aliphatic rings. The van der Waals surface area contributed by atoms with Gasteiger partial charge in [-0.3, -0.25) is 0 Å². The highest BCUT2D eigenvalue weighted by Crippen LogP contribution is 2.30. The minimum atomic E-state index is 0.328. The molecule has 3 heteroatoms. The van der Waals surface area contributed by atoms with E-state index in [2.05, 4.69) is 22.2 Å². The number of benzene rings is 1. The zero-order chi connectivity index (χ0) is 11.8. The number of rotatable bonds is 1. The van der Waals surface area contributed by atoms with E-state index in [4.69, 9.17) is 0 Å². The maximum absolute atomic E-state index is 9.62. The van der Waals surface area contributed by atoms with Gasteiger partial charge in [0.25, 0.3) is 0 Å². The van der Waals surface area contributed by atoms with Crippen molar-refractivity contribution in [2.75, 3.05) is 13.1 Å². The van der Waals surface area contributed by atoms with Gasteiger partial charge in [0.15, 0.2) is 0 Å². The van der Waals surface area contributed by atoms with E-state index in [1.807, 2.05) is 19.2 Å². The van der Waals surface area contributed by atoms with Gasteiger partial charge < -0.3 is 15.0 Å². The Kier molecular flexibility index (Phi) is 2.41. The zero-order valence-electron chi connectivity index (χ0n) is 9.90. The third-order valence-corrected chi connectivity index (χ3v) is 3.35. The topological polar surface area (TPSA) is 37.2 Å². The lowest BCUT2D eigenvalue weighted by molar-refractivity contribution is 0.476. The summed E-state index contributed by atoms with van der Waals surface area (Å²) < 4.78 is 2.11. The average molecular weight is 228 g/mol. The Labute approximate surface area is 100 Å². The second-order valence-electron chi connectivity index (χ2n) is 4.55. The predicted molar refractivity (Wildman–Crippen MR) is 70.0 cm³/mol. The summed E-state index contributed by atoms with van der Waals surface area (Å²) in [6, 6.07) is 5.55. The van der Waals surface area contributed by atoms with E-state index in [0.29, 0.717) is 5.75 Å². The van der Waals surface area contributed by atoms with Gasteiger partial charge in [-0.05, 0) is 36.7 Å². The number of aryl methyl sites for hydroxylation is 1. The molecule has 2 N–H and O–H groups in total. The van der Waals surface area contributed by atoms with Gasteiger partial charge in [0.2, 0.25) is 0 Å². The van der Waals surface area contributed by atoms with Crippen LogP contribution in [0.2, 0.25) is 0 Å². The summed E-state index contributed by atoms with van der Waals surface area (Å²) in [4.78, 5) is 0. The van der Waals surface area contributed by atoms with Crippen molar-refractivity contribution in [3.63, 3.8) is 0 Å². The molecular formula is C14H16N2O. The molecule has 0 bridgehead atoms. The standard InChI is InChI=1S/C14H16N2O/c1-16-9-13(10-3-2-6-15-8-10)12-7-11(17)4-5-14(12)16/h3-5,7,9,15,17H,2,6,8H2,1H3. The van der Waals surface area contributed by atoms with E-state index < -0.39 is 0 Å². The molecule has 1 aromatic carbocycles. The van der Waals surface area contributed by atoms with Crippen LogP contribution in [0.25, 0.3) is 16.5 Å². The van der Waals surface area contributed by atoms with E-state index in [9.17, 15) is 5.11 Å². The second kappa shape index (κ2) is 3.93. The first-order valence-corrected chi connectivity index (χ1v) is 5.94. The molecule has 0 unspecified atom stereocenters. The van der Waals surface area contributed by atoms with Crippen molar-refractivity contribution in [3.8, 4) is 5.75 Å². The lowest BCUT2D eigenvalue weighted by Gasteiger charge is -2.13. The fourth-order valence-corrected chi connectivity index (χ4v) is 2.48. The molecule has 1 aliphatic heterocycles. The molecular weight excluding hydrogens is 212 g/mol. The summed E-state index contributed by atoms with van der Waals surface area (Å²) in [5.41, 5.74) is 3.71. The van der Waals surface area contributed by atoms with Crippen molar-refractivity contribution >= 4 is 16.5 Å². The number of aromatic nitrogens is 1. The van der Waals surface area contributed by atoms with E-state index >= 15 is 0 Å². The largest absolute Gasteiger partial charge is 0.508 e. The number of hydrogen-bond donors (Lipinski definition) is 2. The first-order chi connectivity index (χ1) is 8.25. The third-order valence-electron chi connectivity index (χ3n) is 3.35. The number of nitrogens with one attached hydrogen (secondary N) is 1. The van der Waals surface area contributed by atoms with Gasteiger partial charge in [0, 0.05) is 36.3 Å². The van der Waals surface area contributed by atoms with Gasteiger partial charge in [-0.25, -0.2) is 0 Å². The molecule has 0 atom stereocenters. The molecule has 0 radical (unpaired) electrons. The van der Waals surface area contributed by atoms with Crippen LogP contribution in [0, 0.1) is 0 Å². The summed E-state index contributed by atoms with van der Waals surface area (Å²) >= 11 is 0. The molecule has 0 fully saturated rings. The van der Waals surface area contributed by atoms with E-state index in [-0.39, 0.29) is 0 Å². The second-order valence-corrected chi connectivity index (χ2v) is 4.55. The van der Waals surface area contributed by atoms with Crippen LogP contribution >= 0.6 is 0 Å². The molecule has 0 saturated carbocycles. The fraction of sp³-hybridized carbons (Fsp3) is 0.286. The third kappa shape index (κ3) is 1.72. The number of aromatic hydroxyl groups is 1. The van der Waals surface area contributed by atoms with Crippen LogP contribution in [-0.2, 0) is 7.05 Å². The van der Waals surface area contributed by atoms with Crippen LogP contribution in [0.4, 0.5) is 0 Å². The number of phenols is 1. The summed E-state index contributed by atoms with van der Waals surface area (Å²) in [6.45, 7) is 1.97. The van der Waals surface area contributed by atoms with E-state index in [1.165, 1.54) is 11.1 Å². The smallest absolute Gasteiger partial charge is 0.116 e. The van der Waals surface area contributed by atoms with E-state index in [1.54, 1.807) is 6.07 Å². The number of hydrogen-bond acceptors (Lipinski definition) is 2. The molecule has 88 valence electrons. The van der Waals surface area contributed by atoms with Crippen molar-refractivity contribution in [1.29, 1.82) is 0 Å². The monoisotopic (exact) mass is 228 g/mol. The molecule has 3 rings (SSSR count). The van der Waals surface area contributed by atoms with Gasteiger partial charge in [-0.2, -0.15) is 0 Å². The van der Waals surface area contributed by atoms with Crippen molar-refractivity contribution in [1.82, 2.24) is 9.88 Å². The Bertz CT molecular complexity index is 596. The van der Waals surface area contributed by atoms with Crippen LogP contribution in [-0.4, -0.2) is 22.8 Å². The fourth-order valence-electron chi connectivity index (χ4n) is 2.48. The average Bonchev–Trinajstić information content (AvgIpc) is 2.67. The van der Waals surface area contributed by atoms with Crippen molar-refractivity contribution in [3.05, 3.63) is 36.0 Å². The van der Waals surface area contributed by atoms with Crippen molar-refractivity contribution < 1.29 is 5.11 Å². The van der Waals surface area contributed by atoms with Crippen LogP contribution < -0.4 is 5.32 Å². The highest BCUT2D eigenvalue weighted by atomic mass is 16.3. The molecule has 0 amide bonds. The molecule has 0 aliphatic carbocycles. The normalized spacial score (nSPS) is 16.2. The molecule has 0 spiro atoms. The molecule has 2 aromatic rings. The summed E-state index contributed by atoms with van der Waals surface area (Å²) in [7, 11) is 2.04. The van der Waals surface area contributed by atoms with E-state index in [0.717, 1.165) is 30.4 Å². The first-order valence-electron chi connectivity index (χ1n) is 5.94. The number of nitrogens with zero attached hydrogens (tertiary/aromatic N) is 1. The predicted octanol–water partition coefficient (Wildman–Crippen LogP) is 2.26. The lowest BCUT2D eigenvalue weighted by atomic mass is 10.0. The Morgan fingerprint density at radius 1 is 1.35 bits per heavy atom. The highest BCUT2D eigenvalue weighted by molar-refractivity contribution is 5.94. The molecule has 2 heterocycles. The summed E-state index contributed by atoms with van der Waals surface area (Å²) in [5, 5.41) is 14.1. The zero-order valence-corrected chi connectivity index (χ0v) is 9.90. The molecule has 3 nitrogen and oxygen atoms in total. The SMILES string of the molecule is Cn1cc(C2=CCCNC2)c2cc(O)ccc21. The van der Waals surface area contributed by atoms with Crippen LogP contribution in [0.1, 0.15) is 12.0 Å². The van der Waals surface area contributed by atoms with Gasteiger partial charge in [0.05, 0.1) is 0 Å². The molecule has 0 saturated heterocycles. The van der Waals surface area contributed by atoms with Gasteiger partial charge in [-0.15, -0.1) is 0 Å². The minimum absolute atomic E-state index is 0.328. The first kappa shape index (κ1) is 10.4. The summed E-state index contributed by atoms with van der Waals surface area (Å²) in [5.74, 6) is 0.328. The lowest BCUT2D eigenvalue weighted by Crippen LogP contribution is -2.21. The summed E-state index contributed by atoms with van der Waals surface area (Å²) in [6.07, 6.45) is 5.50. The Balaban J connectivity index is 2.22. The van der Waals surface area contributed by atoms with Gasteiger partial charge in [0.1, 0.15) is 5.75 Å². The minimum Gasteiger partial charge on any atom is -0.508 e. The van der Waals surface area contributed by atoms with Crippen molar-refractivity contribution in [2.45, 2.75) is 6.42 Å². The van der Waals surface area contributed by atoms with Crippen LogP contribution in [0.5, 0.6) is 5.75 Å². The van der Waals surface area contributed by atoms with Crippen LogP contribution in [0.3, 0.4) is 0 Å².